The van der Waals surface area contributed by atoms with Gasteiger partial charge in [0.25, 0.3) is 0 Å². The zero-order valence-electron chi connectivity index (χ0n) is 12.5. The summed E-state index contributed by atoms with van der Waals surface area (Å²) in [7, 11) is 1.64. The maximum absolute atomic E-state index is 12.6. The number of rotatable bonds is 0. The lowest BCUT2D eigenvalue weighted by atomic mass is 9.73. The average Bonchev–Trinajstić information content (AvgIpc) is 3.05. The molecule has 6 atom stereocenters. The Kier molecular flexibility index (Phi) is 1.10. The minimum absolute atomic E-state index is 0.0701. The molecule has 0 saturated heterocycles. The Balaban J connectivity index is 1.64. The lowest BCUT2D eigenvalue weighted by molar-refractivity contribution is 0.0178. The van der Waals surface area contributed by atoms with Crippen molar-refractivity contribution in [1.29, 1.82) is 0 Å². The van der Waals surface area contributed by atoms with Crippen LogP contribution in [0.3, 0.4) is 0 Å². The second kappa shape index (κ2) is 2.20. The first-order chi connectivity index (χ1) is 9.88. The standard InChI is InChI=1S/C16H19N3O2/c1-14(2)4-15-9-6-7-8(6)11(16(9,15)5-14)19-13(21)17(3)12(20)18(19)10(7)15/h6-11H,4-5H2,1-3H3/t6?,7-,8-,9?,10-,11-,15+,16+/m0/s1. The van der Waals surface area contributed by atoms with E-state index in [2.05, 4.69) is 13.8 Å². The zero-order valence-corrected chi connectivity index (χ0v) is 12.5. The molecule has 5 nitrogen and oxygen atoms in total. The van der Waals surface area contributed by atoms with Crippen molar-refractivity contribution in [2.24, 2.45) is 47.0 Å². The number of nitrogens with zero attached hydrogens (tertiary/aromatic N) is 3. The van der Waals surface area contributed by atoms with Crippen molar-refractivity contribution in [1.82, 2.24) is 13.9 Å². The van der Waals surface area contributed by atoms with E-state index in [1.165, 1.54) is 17.4 Å². The van der Waals surface area contributed by atoms with Gasteiger partial charge in [0.1, 0.15) is 0 Å². The quantitative estimate of drug-likeness (QED) is 0.706. The molecule has 5 aliphatic carbocycles. The second-order valence-electron chi connectivity index (χ2n) is 9.51. The molecule has 7 aliphatic rings. The van der Waals surface area contributed by atoms with E-state index in [-0.39, 0.29) is 11.4 Å². The van der Waals surface area contributed by atoms with Gasteiger partial charge in [-0.05, 0) is 41.9 Å². The van der Waals surface area contributed by atoms with Gasteiger partial charge in [0.2, 0.25) is 0 Å². The summed E-state index contributed by atoms with van der Waals surface area (Å²) in [6.07, 6.45) is 2.53. The van der Waals surface area contributed by atoms with E-state index in [4.69, 9.17) is 0 Å². The lowest BCUT2D eigenvalue weighted by Gasteiger charge is -2.45. The highest BCUT2D eigenvalue weighted by atomic mass is 16.2. The molecular formula is C16H19N3O2. The maximum atomic E-state index is 12.6. The predicted octanol–water partition coefficient (Wildman–Crippen LogP) is 0.756. The van der Waals surface area contributed by atoms with Crippen LogP contribution >= 0.6 is 0 Å². The Morgan fingerprint density at radius 3 is 1.86 bits per heavy atom. The highest BCUT2D eigenvalue weighted by molar-refractivity contribution is 5.51. The fourth-order valence-electron chi connectivity index (χ4n) is 8.90. The van der Waals surface area contributed by atoms with Crippen LogP contribution in [0.15, 0.2) is 9.59 Å². The molecule has 21 heavy (non-hydrogen) atoms. The van der Waals surface area contributed by atoms with Crippen LogP contribution in [-0.2, 0) is 7.05 Å². The first-order valence-electron chi connectivity index (χ1n) is 8.29. The predicted molar refractivity (Wildman–Crippen MR) is 73.8 cm³/mol. The van der Waals surface area contributed by atoms with Crippen molar-refractivity contribution in [2.75, 3.05) is 0 Å². The molecule has 8 rings (SSSR count). The van der Waals surface area contributed by atoms with Gasteiger partial charge in [-0.25, -0.2) is 23.5 Å². The van der Waals surface area contributed by atoms with Crippen molar-refractivity contribution >= 4 is 0 Å². The molecule has 5 fully saturated rings. The monoisotopic (exact) mass is 285 g/mol. The number of hydrogen-bond donors (Lipinski definition) is 0. The Morgan fingerprint density at radius 2 is 1.38 bits per heavy atom. The van der Waals surface area contributed by atoms with Crippen molar-refractivity contribution in [2.45, 2.75) is 38.8 Å². The molecule has 5 heteroatoms. The molecule has 0 unspecified atom stereocenters. The summed E-state index contributed by atoms with van der Waals surface area (Å²) in [5.74, 6) is 3.11. The van der Waals surface area contributed by atoms with Crippen molar-refractivity contribution in [3.05, 3.63) is 21.0 Å². The molecule has 0 radical (unpaired) electrons. The smallest absolute Gasteiger partial charge is 0.246 e. The van der Waals surface area contributed by atoms with Gasteiger partial charge in [-0.2, -0.15) is 0 Å². The Hall–Kier alpha value is -1.26. The SMILES string of the molecule is Cn1c(=O)n2n(c1=O)[C@H]1[C@H]3C4C5[C@]6(CC(C)(C)C[C@@]516)[C@@H]2[C@@H]43. The molecule has 2 bridgehead atoms. The third-order valence-electron chi connectivity index (χ3n) is 8.52. The molecule has 2 aliphatic heterocycles. The van der Waals surface area contributed by atoms with Crippen LogP contribution in [0.1, 0.15) is 38.8 Å². The Labute approximate surface area is 121 Å². The molecule has 1 aromatic heterocycles. The van der Waals surface area contributed by atoms with Crippen molar-refractivity contribution in [3.8, 4) is 0 Å². The minimum Gasteiger partial charge on any atom is -0.246 e. The van der Waals surface area contributed by atoms with E-state index in [0.29, 0.717) is 28.3 Å². The third kappa shape index (κ3) is 0.624. The van der Waals surface area contributed by atoms with Gasteiger partial charge in [0.15, 0.2) is 0 Å². The van der Waals surface area contributed by atoms with Gasteiger partial charge in [0.05, 0.1) is 12.1 Å². The second-order valence-corrected chi connectivity index (χ2v) is 9.51. The van der Waals surface area contributed by atoms with E-state index < -0.39 is 0 Å². The molecule has 5 saturated carbocycles. The van der Waals surface area contributed by atoms with Crippen molar-refractivity contribution < 1.29 is 0 Å². The summed E-state index contributed by atoms with van der Waals surface area (Å²) in [5, 5.41) is 0. The summed E-state index contributed by atoms with van der Waals surface area (Å²) in [6, 6.07) is 0.677. The topological polar surface area (TPSA) is 48.9 Å². The Bertz CT molecular complexity index is 836. The fraction of sp³-hybridized carbons (Fsp3) is 0.875. The van der Waals surface area contributed by atoms with Crippen LogP contribution in [0, 0.1) is 39.9 Å². The highest BCUT2D eigenvalue weighted by Gasteiger charge is 3.04. The highest BCUT2D eigenvalue weighted by Crippen LogP contribution is 3.06. The summed E-state index contributed by atoms with van der Waals surface area (Å²) in [4.78, 5) is 25.2. The number of aromatic nitrogens is 3. The summed E-state index contributed by atoms with van der Waals surface area (Å²) < 4.78 is 5.14. The van der Waals surface area contributed by atoms with Gasteiger partial charge in [-0.15, -0.1) is 0 Å². The van der Waals surface area contributed by atoms with E-state index in [1.807, 2.05) is 9.36 Å². The largest absolute Gasteiger partial charge is 0.347 e. The van der Waals surface area contributed by atoms with E-state index in [1.54, 1.807) is 7.05 Å². The molecule has 1 aromatic rings. The molecule has 110 valence electrons. The molecule has 0 aromatic carbocycles. The van der Waals surface area contributed by atoms with E-state index >= 15 is 0 Å². The minimum atomic E-state index is -0.0701. The van der Waals surface area contributed by atoms with E-state index in [0.717, 1.165) is 23.7 Å². The first kappa shape index (κ1) is 10.5. The van der Waals surface area contributed by atoms with Crippen LogP contribution < -0.4 is 11.4 Å². The summed E-state index contributed by atoms with van der Waals surface area (Å²) in [5.41, 5.74) is 0.995. The van der Waals surface area contributed by atoms with E-state index in [9.17, 15) is 9.59 Å². The van der Waals surface area contributed by atoms with Gasteiger partial charge >= 0.3 is 11.4 Å². The molecule has 0 N–H and O–H groups in total. The van der Waals surface area contributed by atoms with Gasteiger partial charge in [-0.1, -0.05) is 13.8 Å². The lowest BCUT2D eigenvalue weighted by Crippen LogP contribution is -2.51. The molecule has 3 heterocycles. The van der Waals surface area contributed by atoms with Gasteiger partial charge in [-0.3, -0.25) is 0 Å². The first-order valence-corrected chi connectivity index (χ1v) is 8.29. The number of hydrogen-bond acceptors (Lipinski definition) is 2. The van der Waals surface area contributed by atoms with Crippen molar-refractivity contribution in [3.63, 3.8) is 0 Å². The van der Waals surface area contributed by atoms with Crippen LogP contribution in [0.5, 0.6) is 0 Å². The molecular weight excluding hydrogens is 266 g/mol. The summed E-state index contributed by atoms with van der Waals surface area (Å²) >= 11 is 0. The molecule has 0 amide bonds. The van der Waals surface area contributed by atoms with Crippen LogP contribution in [-0.4, -0.2) is 13.9 Å². The van der Waals surface area contributed by atoms with Gasteiger partial charge < -0.3 is 0 Å². The normalized spacial score (nSPS) is 60.9. The Morgan fingerprint density at radius 1 is 0.905 bits per heavy atom. The van der Waals surface area contributed by atoms with Crippen LogP contribution in [0.2, 0.25) is 0 Å². The molecule has 2 spiro atoms. The third-order valence-corrected chi connectivity index (χ3v) is 8.52. The maximum Gasteiger partial charge on any atom is 0.347 e. The van der Waals surface area contributed by atoms with Crippen LogP contribution in [0.25, 0.3) is 0 Å². The zero-order chi connectivity index (χ0) is 14.3. The van der Waals surface area contributed by atoms with Crippen LogP contribution in [0.4, 0.5) is 0 Å². The summed E-state index contributed by atoms with van der Waals surface area (Å²) in [6.45, 7) is 4.77. The van der Waals surface area contributed by atoms with Gasteiger partial charge in [0, 0.05) is 17.9 Å². The average molecular weight is 285 g/mol. The fourth-order valence-corrected chi connectivity index (χ4v) is 8.90.